The number of esters is 1. The maximum absolute atomic E-state index is 14.0. The molecule has 434 valence electrons. The number of rotatable bonds is 26. The van der Waals surface area contributed by atoms with E-state index in [-0.39, 0.29) is 19.0 Å². The molecule has 0 bridgehead atoms. The van der Waals surface area contributed by atoms with Crippen LogP contribution in [0.1, 0.15) is 68.8 Å². The molecule has 4 saturated heterocycles. The monoisotopic (exact) mass is 1100 g/mol. The van der Waals surface area contributed by atoms with Gasteiger partial charge in [0, 0.05) is 32.4 Å². The number of hydrogen-bond donors (Lipinski definition) is 17. The molecule has 1 aromatic heterocycles. The van der Waals surface area contributed by atoms with Crippen LogP contribution in [-0.4, -0.2) is 269 Å². The number of aromatic amines is 2. The standard InChI is InChI=1S/C44H70N4O28/c1-17(53)45-26-19(54)12-44(42(65)66,75-35(26)28(58)20(55)13-49)76-37-30(60)22(15-51)71-41(33(37)63)73-34-23(16-52)72-39(69-10-8-6-4-3-5-7-9-25(57)68-2)27(48-38(64)18-11-24(56)47-43(67)46-18)36(34)74-40-32(62)31(61)29(59)21(14-50)70-40/h11,19-23,26-37,39-41,49-52,54-55,58-63H,3-10,12-16H2,1-2H3,(H,45,53)(H,48,64)(H,65,66)(H2,46,47,56,67)/t19?,20?,21?,22?,23?,26-,27?,28?,29+,30-,31?,32?,33?,34+,35?,36?,37?,39-,40+,41?,44+/m1/s1. The second-order valence-electron chi connectivity index (χ2n) is 18.6. The van der Waals surface area contributed by atoms with Crippen molar-refractivity contribution >= 4 is 23.8 Å². The van der Waals surface area contributed by atoms with Gasteiger partial charge in [-0.25, -0.2) is 9.59 Å². The quantitative estimate of drug-likeness (QED) is 0.0303. The number of aliphatic hydroxyl groups is 12. The van der Waals surface area contributed by atoms with E-state index in [4.69, 9.17) is 37.9 Å². The van der Waals surface area contributed by atoms with Gasteiger partial charge in [-0.3, -0.25) is 24.2 Å². The van der Waals surface area contributed by atoms with Crippen LogP contribution in [0.25, 0.3) is 0 Å². The first-order valence-electron chi connectivity index (χ1n) is 24.4. The molecule has 21 atom stereocenters. The van der Waals surface area contributed by atoms with Crippen molar-refractivity contribution in [3.05, 3.63) is 32.6 Å². The van der Waals surface area contributed by atoms with Gasteiger partial charge in [-0.1, -0.05) is 25.7 Å². The Bertz CT molecular complexity index is 2120. The minimum Gasteiger partial charge on any atom is -0.477 e. The van der Waals surface area contributed by atoms with Crippen LogP contribution in [0.3, 0.4) is 0 Å². The number of methoxy groups -OCH3 is 1. The Morgan fingerprint density at radius 2 is 1.32 bits per heavy atom. The molecule has 5 heterocycles. The Labute approximate surface area is 431 Å². The third kappa shape index (κ3) is 15.3. The number of carbonyl (C=O) groups excluding carboxylic acids is 3. The average molecular weight is 1100 g/mol. The predicted molar refractivity (Wildman–Crippen MR) is 244 cm³/mol. The molecule has 4 aliphatic rings. The number of amides is 2. The van der Waals surface area contributed by atoms with Crippen LogP contribution in [0.4, 0.5) is 0 Å². The number of hydrogen-bond acceptors (Lipinski definition) is 27. The highest BCUT2D eigenvalue weighted by Crippen LogP contribution is 2.39. The van der Waals surface area contributed by atoms with E-state index < -0.39 is 196 Å². The van der Waals surface area contributed by atoms with E-state index in [1.165, 1.54) is 7.11 Å². The second kappa shape index (κ2) is 28.6. The highest BCUT2D eigenvalue weighted by Gasteiger charge is 2.61. The van der Waals surface area contributed by atoms with E-state index in [0.29, 0.717) is 38.2 Å². The number of aliphatic hydroxyl groups excluding tert-OH is 12. The van der Waals surface area contributed by atoms with Crippen molar-refractivity contribution in [3.63, 3.8) is 0 Å². The molecule has 4 fully saturated rings. The number of carbonyl (C=O) groups is 4. The van der Waals surface area contributed by atoms with Crippen LogP contribution in [0, 0.1) is 0 Å². The van der Waals surface area contributed by atoms with Crippen LogP contribution in [-0.2, 0) is 57.0 Å². The summed E-state index contributed by atoms with van der Waals surface area (Å²) < 4.78 is 52.1. The fourth-order valence-electron chi connectivity index (χ4n) is 9.14. The Morgan fingerprint density at radius 1 is 0.724 bits per heavy atom. The van der Waals surface area contributed by atoms with Crippen molar-refractivity contribution in [2.45, 2.75) is 187 Å². The van der Waals surface area contributed by atoms with Gasteiger partial charge in [0.15, 0.2) is 18.9 Å². The maximum atomic E-state index is 14.0. The summed E-state index contributed by atoms with van der Waals surface area (Å²) in [4.78, 5) is 79.4. The lowest BCUT2D eigenvalue weighted by Gasteiger charge is -2.51. The molecule has 1 aromatic rings. The third-order valence-corrected chi connectivity index (χ3v) is 13.2. The second-order valence-corrected chi connectivity index (χ2v) is 18.6. The molecule has 32 heteroatoms. The molecule has 4 aliphatic heterocycles. The molecule has 0 spiro atoms. The highest BCUT2D eigenvalue weighted by molar-refractivity contribution is 5.92. The SMILES string of the molecule is COC(=O)CCCCCCCCO[C@@H]1OC(CO)[C@H](OC2OC(CO)[C@@H](O)C(O[C@]3(C(=O)O)CC(O)[C@@H](NC(C)=O)C(C(O)C(O)CO)O3)C2O)C(O[C@@H]2OC(CO)[C@H](O)C(O)C2O)C1NC(=O)c1cc(=O)[nH]c(=O)[nH]1. The first-order chi connectivity index (χ1) is 36.0. The topological polar surface area (TPSA) is 504 Å². The molecule has 0 saturated carbocycles. The van der Waals surface area contributed by atoms with E-state index in [1.807, 2.05) is 4.98 Å². The molecular weight excluding hydrogens is 1030 g/mol. The molecule has 32 nitrogen and oxygen atoms in total. The van der Waals surface area contributed by atoms with Crippen molar-refractivity contribution in [1.82, 2.24) is 20.6 Å². The number of carboxylic acid groups (broad SMARTS) is 1. The Kier molecular flexibility index (Phi) is 23.5. The third-order valence-electron chi connectivity index (χ3n) is 13.2. The Hall–Kier alpha value is -4.24. The fraction of sp³-hybridized carbons (Fsp3) is 0.818. The zero-order chi connectivity index (χ0) is 56.2. The number of unbranched alkanes of at least 4 members (excludes halogenated alkanes) is 5. The molecule has 14 unspecified atom stereocenters. The minimum absolute atomic E-state index is 0.137. The summed E-state index contributed by atoms with van der Waals surface area (Å²) in [5.74, 6) is -7.69. The van der Waals surface area contributed by atoms with Gasteiger partial charge in [0.25, 0.3) is 17.3 Å². The lowest BCUT2D eigenvalue weighted by molar-refractivity contribution is -0.391. The normalized spacial score (nSPS) is 36.7. The zero-order valence-corrected chi connectivity index (χ0v) is 41.3. The smallest absolute Gasteiger partial charge is 0.364 e. The summed E-state index contributed by atoms with van der Waals surface area (Å²) in [5, 5.41) is 145. The van der Waals surface area contributed by atoms with E-state index in [9.17, 15) is 95.2 Å². The lowest BCUT2D eigenvalue weighted by atomic mass is 9.88. The van der Waals surface area contributed by atoms with Crippen molar-refractivity contribution in [2.75, 3.05) is 40.1 Å². The summed E-state index contributed by atoms with van der Waals surface area (Å²) in [6.07, 6.45) is -34.3. The van der Waals surface area contributed by atoms with Gasteiger partial charge < -0.3 is 125 Å². The number of H-pyrrole nitrogens is 2. The van der Waals surface area contributed by atoms with Crippen LogP contribution in [0.2, 0.25) is 0 Å². The van der Waals surface area contributed by atoms with Crippen molar-refractivity contribution in [3.8, 4) is 0 Å². The van der Waals surface area contributed by atoms with Gasteiger partial charge >= 0.3 is 17.6 Å². The van der Waals surface area contributed by atoms with E-state index in [0.717, 1.165) is 13.3 Å². The van der Waals surface area contributed by atoms with Crippen molar-refractivity contribution < 1.29 is 128 Å². The molecule has 76 heavy (non-hydrogen) atoms. The highest BCUT2D eigenvalue weighted by atomic mass is 16.8. The molecule has 0 aromatic carbocycles. The summed E-state index contributed by atoms with van der Waals surface area (Å²) in [6.45, 7) is -3.44. The van der Waals surface area contributed by atoms with Gasteiger partial charge in [-0.15, -0.1) is 0 Å². The van der Waals surface area contributed by atoms with Gasteiger partial charge in [0.05, 0.1) is 45.7 Å². The summed E-state index contributed by atoms with van der Waals surface area (Å²) in [5.41, 5.74) is -2.79. The van der Waals surface area contributed by atoms with Crippen LogP contribution >= 0.6 is 0 Å². The first-order valence-corrected chi connectivity index (χ1v) is 24.4. The average Bonchev–Trinajstić information content (AvgIpc) is 3.38. The number of aromatic nitrogens is 2. The number of nitrogens with one attached hydrogen (secondary N) is 4. The lowest BCUT2D eigenvalue weighted by Crippen LogP contribution is -2.71. The van der Waals surface area contributed by atoms with Gasteiger partial charge in [0.1, 0.15) is 97.2 Å². The maximum Gasteiger partial charge on any atom is 0.364 e. The molecule has 17 N–H and O–H groups in total. The van der Waals surface area contributed by atoms with Crippen molar-refractivity contribution in [1.29, 1.82) is 0 Å². The van der Waals surface area contributed by atoms with Crippen LogP contribution < -0.4 is 21.9 Å². The molecule has 5 rings (SSSR count). The largest absolute Gasteiger partial charge is 0.477 e. The molecule has 0 radical (unpaired) electrons. The first kappa shape index (κ1) is 62.6. The Balaban J connectivity index is 1.53. The van der Waals surface area contributed by atoms with Gasteiger partial charge in [0.2, 0.25) is 5.91 Å². The zero-order valence-electron chi connectivity index (χ0n) is 41.3. The van der Waals surface area contributed by atoms with Gasteiger partial charge in [-0.05, 0) is 12.8 Å². The minimum atomic E-state index is -3.22. The van der Waals surface area contributed by atoms with E-state index in [2.05, 4.69) is 20.4 Å². The summed E-state index contributed by atoms with van der Waals surface area (Å²) in [7, 11) is 1.28. The van der Waals surface area contributed by atoms with E-state index in [1.54, 1.807) is 0 Å². The summed E-state index contributed by atoms with van der Waals surface area (Å²) in [6, 6.07) is -2.79. The number of aliphatic carboxylic acids is 1. The van der Waals surface area contributed by atoms with E-state index >= 15 is 0 Å². The van der Waals surface area contributed by atoms with Gasteiger partial charge in [-0.2, -0.15) is 0 Å². The van der Waals surface area contributed by atoms with Crippen molar-refractivity contribution in [2.24, 2.45) is 0 Å². The molecular formula is C44H70N4O28. The van der Waals surface area contributed by atoms with Crippen LogP contribution in [0.15, 0.2) is 15.7 Å². The fourth-order valence-corrected chi connectivity index (χ4v) is 9.14. The Morgan fingerprint density at radius 3 is 1.91 bits per heavy atom. The molecule has 0 aliphatic carbocycles. The number of ether oxygens (including phenoxy) is 9. The molecule has 2 amide bonds. The van der Waals surface area contributed by atoms with Crippen LogP contribution in [0.5, 0.6) is 0 Å². The number of carboxylic acids is 1. The predicted octanol–water partition coefficient (Wildman–Crippen LogP) is -8.66. The summed E-state index contributed by atoms with van der Waals surface area (Å²) >= 11 is 0.